The fourth-order valence-electron chi connectivity index (χ4n) is 2.33. The summed E-state index contributed by atoms with van der Waals surface area (Å²) in [7, 11) is 0. The van der Waals surface area contributed by atoms with Gasteiger partial charge in [0.25, 0.3) is 0 Å². The Hall–Kier alpha value is -0.610. The molecule has 1 rings (SSSR count). The van der Waals surface area contributed by atoms with Crippen molar-refractivity contribution < 1.29 is 9.90 Å². The number of carbonyl (C=O) groups is 1. The normalized spacial score (nSPS) is 20.6. The number of aliphatic hydroxyl groups is 1. The second-order valence-corrected chi connectivity index (χ2v) is 7.03. The SMILES string of the molecule is CC(C)N1CCC(C(=O)NCC(O)C(C)(C)C)CC1. The Bertz CT molecular complexity index is 289. The molecule has 2 N–H and O–H groups in total. The van der Waals surface area contributed by atoms with E-state index in [-0.39, 0.29) is 17.2 Å². The van der Waals surface area contributed by atoms with Crippen molar-refractivity contribution in [1.29, 1.82) is 0 Å². The lowest BCUT2D eigenvalue weighted by Gasteiger charge is -2.34. The molecule has 1 aliphatic rings. The van der Waals surface area contributed by atoms with Crippen LogP contribution in [-0.4, -0.2) is 47.7 Å². The van der Waals surface area contributed by atoms with Crippen molar-refractivity contribution in [3.05, 3.63) is 0 Å². The number of carbonyl (C=O) groups excluding carboxylic acids is 1. The monoisotopic (exact) mass is 270 g/mol. The molecule has 4 nitrogen and oxygen atoms in total. The Kier molecular flexibility index (Phi) is 5.81. The van der Waals surface area contributed by atoms with Crippen molar-refractivity contribution in [3.8, 4) is 0 Å². The Balaban J connectivity index is 2.32. The van der Waals surface area contributed by atoms with E-state index < -0.39 is 6.10 Å². The van der Waals surface area contributed by atoms with Crippen LogP contribution in [0.5, 0.6) is 0 Å². The van der Waals surface area contributed by atoms with E-state index in [2.05, 4.69) is 24.1 Å². The molecule has 1 aliphatic heterocycles. The molecular weight excluding hydrogens is 240 g/mol. The summed E-state index contributed by atoms with van der Waals surface area (Å²) >= 11 is 0. The fraction of sp³-hybridized carbons (Fsp3) is 0.933. The van der Waals surface area contributed by atoms with Crippen LogP contribution in [0.25, 0.3) is 0 Å². The number of aliphatic hydroxyl groups excluding tert-OH is 1. The average molecular weight is 270 g/mol. The Morgan fingerprint density at radius 1 is 1.32 bits per heavy atom. The van der Waals surface area contributed by atoms with Crippen LogP contribution in [0, 0.1) is 11.3 Å². The Morgan fingerprint density at radius 2 is 1.84 bits per heavy atom. The molecule has 1 saturated heterocycles. The van der Waals surface area contributed by atoms with Crippen LogP contribution in [0.3, 0.4) is 0 Å². The first-order chi connectivity index (χ1) is 8.71. The van der Waals surface area contributed by atoms with Crippen LogP contribution in [0.15, 0.2) is 0 Å². The molecule has 1 atom stereocenters. The number of rotatable bonds is 4. The van der Waals surface area contributed by atoms with Gasteiger partial charge in [-0.15, -0.1) is 0 Å². The van der Waals surface area contributed by atoms with Crippen LogP contribution in [0.1, 0.15) is 47.5 Å². The molecule has 0 aromatic rings. The molecule has 1 amide bonds. The predicted octanol–water partition coefficient (Wildman–Crippen LogP) is 1.63. The molecular formula is C15H30N2O2. The molecule has 1 unspecified atom stereocenters. The second kappa shape index (κ2) is 6.71. The Morgan fingerprint density at radius 3 is 2.26 bits per heavy atom. The number of hydrogen-bond donors (Lipinski definition) is 2. The van der Waals surface area contributed by atoms with Crippen LogP contribution < -0.4 is 5.32 Å². The highest BCUT2D eigenvalue weighted by molar-refractivity contribution is 5.78. The molecule has 0 aromatic heterocycles. The third-order valence-electron chi connectivity index (χ3n) is 4.10. The van der Waals surface area contributed by atoms with Crippen LogP contribution in [0.4, 0.5) is 0 Å². The van der Waals surface area contributed by atoms with Gasteiger partial charge in [0.05, 0.1) is 6.10 Å². The number of hydrogen-bond acceptors (Lipinski definition) is 3. The van der Waals surface area contributed by atoms with E-state index in [0.717, 1.165) is 25.9 Å². The van der Waals surface area contributed by atoms with E-state index >= 15 is 0 Å². The third kappa shape index (κ3) is 5.11. The number of amides is 1. The lowest BCUT2D eigenvalue weighted by Crippen LogP contribution is -2.45. The number of nitrogens with zero attached hydrogens (tertiary/aromatic N) is 1. The summed E-state index contributed by atoms with van der Waals surface area (Å²) in [5.74, 6) is 0.217. The predicted molar refractivity (Wildman–Crippen MR) is 77.9 cm³/mol. The number of likely N-dealkylation sites (tertiary alicyclic amines) is 1. The fourth-order valence-corrected chi connectivity index (χ4v) is 2.33. The van der Waals surface area contributed by atoms with Crippen LogP contribution in [0.2, 0.25) is 0 Å². The Labute approximate surface area is 117 Å². The van der Waals surface area contributed by atoms with Gasteiger partial charge in [-0.25, -0.2) is 0 Å². The zero-order valence-electron chi connectivity index (χ0n) is 13.1. The topological polar surface area (TPSA) is 52.6 Å². The van der Waals surface area contributed by atoms with Crippen molar-refractivity contribution >= 4 is 5.91 Å². The summed E-state index contributed by atoms with van der Waals surface area (Å²) in [4.78, 5) is 14.5. The highest BCUT2D eigenvalue weighted by Crippen LogP contribution is 2.20. The lowest BCUT2D eigenvalue weighted by atomic mass is 9.89. The summed E-state index contributed by atoms with van der Waals surface area (Å²) in [6, 6.07) is 0.562. The molecule has 1 heterocycles. The van der Waals surface area contributed by atoms with E-state index in [4.69, 9.17) is 0 Å². The van der Waals surface area contributed by atoms with Gasteiger partial charge in [0, 0.05) is 18.5 Å². The van der Waals surface area contributed by atoms with E-state index in [9.17, 15) is 9.90 Å². The van der Waals surface area contributed by atoms with Crippen molar-refractivity contribution in [3.63, 3.8) is 0 Å². The van der Waals surface area contributed by atoms with Crippen molar-refractivity contribution in [2.24, 2.45) is 11.3 Å². The van der Waals surface area contributed by atoms with Crippen molar-refractivity contribution in [2.45, 2.75) is 59.6 Å². The standard InChI is InChI=1S/C15H30N2O2/c1-11(2)17-8-6-12(7-9-17)14(19)16-10-13(18)15(3,4)5/h11-13,18H,6-10H2,1-5H3,(H,16,19). The van der Waals surface area contributed by atoms with Gasteiger partial charge in [0.15, 0.2) is 0 Å². The minimum Gasteiger partial charge on any atom is -0.391 e. The smallest absolute Gasteiger partial charge is 0.223 e. The van der Waals surface area contributed by atoms with Crippen molar-refractivity contribution in [1.82, 2.24) is 10.2 Å². The van der Waals surface area contributed by atoms with Crippen molar-refractivity contribution in [2.75, 3.05) is 19.6 Å². The van der Waals surface area contributed by atoms with Crippen LogP contribution in [-0.2, 0) is 4.79 Å². The molecule has 4 heteroatoms. The molecule has 0 bridgehead atoms. The van der Waals surface area contributed by atoms with Gasteiger partial charge in [-0.05, 0) is 45.2 Å². The van der Waals surface area contributed by atoms with Gasteiger partial charge in [0.2, 0.25) is 5.91 Å². The molecule has 112 valence electrons. The molecule has 0 spiro atoms. The number of nitrogens with one attached hydrogen (secondary N) is 1. The number of piperidine rings is 1. The van der Waals surface area contributed by atoms with Gasteiger partial charge in [0.1, 0.15) is 0 Å². The zero-order chi connectivity index (χ0) is 14.6. The summed E-state index contributed by atoms with van der Waals surface area (Å²) < 4.78 is 0. The quantitative estimate of drug-likeness (QED) is 0.816. The van der Waals surface area contributed by atoms with Crippen LogP contribution >= 0.6 is 0 Å². The van der Waals surface area contributed by atoms with Gasteiger partial charge in [-0.3, -0.25) is 4.79 Å². The van der Waals surface area contributed by atoms with Gasteiger partial charge < -0.3 is 15.3 Å². The lowest BCUT2D eigenvalue weighted by molar-refractivity contribution is -0.127. The van der Waals surface area contributed by atoms with E-state index in [1.165, 1.54) is 0 Å². The minimum atomic E-state index is -0.493. The maximum absolute atomic E-state index is 12.1. The maximum atomic E-state index is 12.1. The highest BCUT2D eigenvalue weighted by atomic mass is 16.3. The third-order valence-corrected chi connectivity index (χ3v) is 4.10. The average Bonchev–Trinajstić information content (AvgIpc) is 2.34. The van der Waals surface area contributed by atoms with Gasteiger partial charge >= 0.3 is 0 Å². The second-order valence-electron chi connectivity index (χ2n) is 7.03. The largest absolute Gasteiger partial charge is 0.391 e. The summed E-state index contributed by atoms with van der Waals surface area (Å²) in [5.41, 5.74) is -0.186. The minimum absolute atomic E-state index is 0.103. The van der Waals surface area contributed by atoms with Gasteiger partial charge in [-0.2, -0.15) is 0 Å². The molecule has 19 heavy (non-hydrogen) atoms. The zero-order valence-corrected chi connectivity index (χ0v) is 13.1. The molecule has 1 fully saturated rings. The van der Waals surface area contributed by atoms with E-state index in [0.29, 0.717) is 12.6 Å². The van der Waals surface area contributed by atoms with Gasteiger partial charge in [-0.1, -0.05) is 20.8 Å². The molecule has 0 aliphatic carbocycles. The first-order valence-electron chi connectivity index (χ1n) is 7.41. The van der Waals surface area contributed by atoms with E-state index in [1.807, 2.05) is 20.8 Å². The summed E-state index contributed by atoms with van der Waals surface area (Å²) in [6.07, 6.45) is 1.36. The maximum Gasteiger partial charge on any atom is 0.223 e. The molecule has 0 aromatic carbocycles. The molecule has 0 radical (unpaired) electrons. The summed E-state index contributed by atoms with van der Waals surface area (Å²) in [6.45, 7) is 12.7. The first-order valence-corrected chi connectivity index (χ1v) is 7.41. The van der Waals surface area contributed by atoms with E-state index in [1.54, 1.807) is 0 Å². The highest BCUT2D eigenvalue weighted by Gasteiger charge is 2.27. The molecule has 0 saturated carbocycles. The summed E-state index contributed by atoms with van der Waals surface area (Å²) in [5, 5.41) is 12.8. The first kappa shape index (κ1) is 16.4.